The number of carbonyl (C=O) groups excluding carboxylic acids is 2. The Kier molecular flexibility index (Phi) is 5.31. The van der Waals surface area contributed by atoms with Crippen molar-refractivity contribution in [2.24, 2.45) is 0 Å². The normalized spacial score (nSPS) is 17.5. The number of pyridine rings is 1. The molecule has 1 fully saturated rings. The molecule has 0 spiro atoms. The van der Waals surface area contributed by atoms with Crippen molar-refractivity contribution in [2.75, 3.05) is 13.2 Å². The Labute approximate surface area is 148 Å². The average molecular weight is 340 g/mol. The van der Waals surface area contributed by atoms with Crippen LogP contribution >= 0.6 is 0 Å². The summed E-state index contributed by atoms with van der Waals surface area (Å²) in [7, 11) is 0. The minimum Gasteiger partial charge on any atom is -0.452 e. The number of carbonyl (C=O) groups is 2. The number of amides is 1. The third-order valence-corrected chi connectivity index (χ3v) is 4.81. The van der Waals surface area contributed by atoms with Crippen LogP contribution in [0.4, 0.5) is 0 Å². The molecule has 0 saturated carbocycles. The average Bonchev–Trinajstić information content (AvgIpc) is 2.65. The lowest BCUT2D eigenvalue weighted by Gasteiger charge is -2.35. The fourth-order valence-electron chi connectivity index (χ4n) is 3.52. The molecule has 1 amide bonds. The Morgan fingerprint density at radius 1 is 1.28 bits per heavy atom. The Balaban J connectivity index is 1.72. The molecule has 2 heterocycles. The molecule has 0 bridgehead atoms. The van der Waals surface area contributed by atoms with E-state index in [1.54, 1.807) is 6.07 Å². The predicted octanol–water partition coefficient (Wildman–Crippen LogP) is 3.49. The summed E-state index contributed by atoms with van der Waals surface area (Å²) >= 11 is 0. The van der Waals surface area contributed by atoms with Crippen molar-refractivity contribution in [2.45, 2.75) is 45.6 Å². The molecule has 1 saturated heterocycles. The molecule has 1 aromatic heterocycles. The van der Waals surface area contributed by atoms with Gasteiger partial charge in [-0.2, -0.15) is 0 Å². The lowest BCUT2D eigenvalue weighted by Crippen LogP contribution is -2.45. The second-order valence-electron chi connectivity index (χ2n) is 6.55. The number of piperidine rings is 1. The van der Waals surface area contributed by atoms with E-state index in [9.17, 15) is 9.59 Å². The molecule has 0 unspecified atom stereocenters. The van der Waals surface area contributed by atoms with Gasteiger partial charge in [-0.1, -0.05) is 25.1 Å². The summed E-state index contributed by atoms with van der Waals surface area (Å²) in [5.74, 6) is -0.574. The van der Waals surface area contributed by atoms with Gasteiger partial charge in [-0.25, -0.2) is 4.79 Å². The molecule has 2 aromatic rings. The van der Waals surface area contributed by atoms with E-state index in [-0.39, 0.29) is 18.6 Å². The second kappa shape index (κ2) is 7.64. The van der Waals surface area contributed by atoms with Gasteiger partial charge >= 0.3 is 5.97 Å². The van der Waals surface area contributed by atoms with E-state index in [0.29, 0.717) is 5.56 Å². The highest BCUT2D eigenvalue weighted by Gasteiger charge is 2.26. The lowest BCUT2D eigenvalue weighted by atomic mass is 10.00. The minimum atomic E-state index is -0.472. The number of benzene rings is 1. The molecule has 1 atom stereocenters. The van der Waals surface area contributed by atoms with Crippen LogP contribution in [0.5, 0.6) is 0 Å². The van der Waals surface area contributed by atoms with E-state index in [0.717, 1.165) is 48.8 Å². The number of hydrogen-bond donors (Lipinski definition) is 0. The summed E-state index contributed by atoms with van der Waals surface area (Å²) in [6.45, 7) is 4.49. The zero-order valence-electron chi connectivity index (χ0n) is 14.8. The number of nitrogens with zero attached hydrogens (tertiary/aromatic N) is 2. The molecule has 1 aromatic carbocycles. The maximum Gasteiger partial charge on any atom is 0.339 e. The Bertz CT molecular complexity index is 788. The molecule has 0 radical (unpaired) electrons. The van der Waals surface area contributed by atoms with Crippen LogP contribution in [0.15, 0.2) is 30.3 Å². The Hall–Kier alpha value is -2.43. The number of rotatable bonds is 4. The fraction of sp³-hybridized carbons (Fsp3) is 0.450. The maximum atomic E-state index is 12.5. The highest BCUT2D eigenvalue weighted by Crippen LogP contribution is 2.21. The van der Waals surface area contributed by atoms with Gasteiger partial charge in [0, 0.05) is 23.7 Å². The number of aromatic nitrogens is 1. The highest BCUT2D eigenvalue weighted by atomic mass is 16.5. The first kappa shape index (κ1) is 17.4. The molecule has 132 valence electrons. The van der Waals surface area contributed by atoms with Crippen molar-refractivity contribution in [3.8, 4) is 0 Å². The number of aryl methyl sites for hydroxylation is 1. The van der Waals surface area contributed by atoms with Crippen LogP contribution in [0.3, 0.4) is 0 Å². The summed E-state index contributed by atoms with van der Waals surface area (Å²) in [5.41, 5.74) is 1.96. The van der Waals surface area contributed by atoms with Crippen LogP contribution in [0.1, 0.15) is 48.7 Å². The van der Waals surface area contributed by atoms with E-state index < -0.39 is 5.97 Å². The minimum absolute atomic E-state index is 0.102. The molecule has 3 rings (SSSR count). The van der Waals surface area contributed by atoms with Gasteiger partial charge in [0.1, 0.15) is 0 Å². The SMILES string of the molecule is CC[C@@H]1CCCCN1C(=O)COC(=O)c1cc(C)nc2ccccc12. The zero-order valence-corrected chi connectivity index (χ0v) is 14.8. The van der Waals surface area contributed by atoms with Gasteiger partial charge in [-0.15, -0.1) is 0 Å². The number of hydrogen-bond acceptors (Lipinski definition) is 4. The van der Waals surface area contributed by atoms with Crippen molar-refractivity contribution >= 4 is 22.8 Å². The maximum absolute atomic E-state index is 12.5. The van der Waals surface area contributed by atoms with E-state index in [1.807, 2.05) is 36.1 Å². The predicted molar refractivity (Wildman–Crippen MR) is 96.4 cm³/mol. The number of ether oxygens (including phenoxy) is 1. The van der Waals surface area contributed by atoms with Crippen molar-refractivity contribution in [1.82, 2.24) is 9.88 Å². The summed E-state index contributed by atoms with van der Waals surface area (Å²) < 4.78 is 5.34. The molecule has 5 heteroatoms. The summed E-state index contributed by atoms with van der Waals surface area (Å²) in [6.07, 6.45) is 4.15. The molecule has 0 aliphatic carbocycles. The van der Waals surface area contributed by atoms with Gasteiger partial charge in [-0.3, -0.25) is 9.78 Å². The molecular formula is C20H24N2O3. The number of para-hydroxylation sites is 1. The standard InChI is InChI=1S/C20H24N2O3/c1-3-15-8-6-7-11-22(15)19(23)13-25-20(24)17-12-14(2)21-18-10-5-4-9-16(17)18/h4-5,9-10,12,15H,3,6-8,11,13H2,1-2H3/t15-/m1/s1. The van der Waals surface area contributed by atoms with Gasteiger partial charge in [0.25, 0.3) is 5.91 Å². The molecule has 1 aliphatic rings. The van der Waals surface area contributed by atoms with Gasteiger partial charge in [0.15, 0.2) is 6.61 Å². The summed E-state index contributed by atoms with van der Waals surface area (Å²) in [4.78, 5) is 31.3. The van der Waals surface area contributed by atoms with Crippen LogP contribution in [-0.4, -0.2) is 41.0 Å². The largest absolute Gasteiger partial charge is 0.452 e. The van der Waals surface area contributed by atoms with Gasteiger partial charge in [0.05, 0.1) is 11.1 Å². The molecule has 5 nitrogen and oxygen atoms in total. The van der Waals surface area contributed by atoms with Crippen molar-refractivity contribution < 1.29 is 14.3 Å². The number of likely N-dealkylation sites (tertiary alicyclic amines) is 1. The van der Waals surface area contributed by atoms with Gasteiger partial charge in [-0.05, 0) is 44.7 Å². The van der Waals surface area contributed by atoms with E-state index in [1.165, 1.54) is 0 Å². The third-order valence-electron chi connectivity index (χ3n) is 4.81. The monoisotopic (exact) mass is 340 g/mol. The first-order chi connectivity index (χ1) is 12.1. The zero-order chi connectivity index (χ0) is 17.8. The number of esters is 1. The van der Waals surface area contributed by atoms with Crippen molar-refractivity contribution in [1.29, 1.82) is 0 Å². The van der Waals surface area contributed by atoms with Crippen molar-refractivity contribution in [3.05, 3.63) is 41.6 Å². The number of fused-ring (bicyclic) bond motifs is 1. The van der Waals surface area contributed by atoms with E-state index in [2.05, 4.69) is 11.9 Å². The topological polar surface area (TPSA) is 59.5 Å². The Morgan fingerprint density at radius 2 is 2.08 bits per heavy atom. The van der Waals surface area contributed by atoms with Crippen LogP contribution in [-0.2, 0) is 9.53 Å². The molecule has 0 N–H and O–H groups in total. The third kappa shape index (κ3) is 3.81. The highest BCUT2D eigenvalue weighted by molar-refractivity contribution is 6.04. The van der Waals surface area contributed by atoms with Crippen LogP contribution in [0.2, 0.25) is 0 Å². The smallest absolute Gasteiger partial charge is 0.339 e. The van der Waals surface area contributed by atoms with E-state index in [4.69, 9.17) is 4.74 Å². The van der Waals surface area contributed by atoms with Crippen LogP contribution < -0.4 is 0 Å². The van der Waals surface area contributed by atoms with Gasteiger partial charge < -0.3 is 9.64 Å². The quantitative estimate of drug-likeness (QED) is 0.800. The summed E-state index contributed by atoms with van der Waals surface area (Å²) in [6, 6.07) is 9.44. The molecular weight excluding hydrogens is 316 g/mol. The molecule has 25 heavy (non-hydrogen) atoms. The summed E-state index contributed by atoms with van der Waals surface area (Å²) in [5, 5.41) is 0.745. The van der Waals surface area contributed by atoms with E-state index >= 15 is 0 Å². The lowest BCUT2D eigenvalue weighted by molar-refractivity contribution is -0.138. The van der Waals surface area contributed by atoms with Crippen LogP contribution in [0, 0.1) is 6.92 Å². The molecule has 1 aliphatic heterocycles. The van der Waals surface area contributed by atoms with Gasteiger partial charge in [0.2, 0.25) is 0 Å². The first-order valence-electron chi connectivity index (χ1n) is 8.93. The fourth-order valence-corrected chi connectivity index (χ4v) is 3.52. The first-order valence-corrected chi connectivity index (χ1v) is 8.93. The second-order valence-corrected chi connectivity index (χ2v) is 6.55. The van der Waals surface area contributed by atoms with Crippen LogP contribution in [0.25, 0.3) is 10.9 Å². The Morgan fingerprint density at radius 3 is 2.88 bits per heavy atom. The van der Waals surface area contributed by atoms with Crippen molar-refractivity contribution in [3.63, 3.8) is 0 Å².